The molecule has 116 valence electrons. The molecule has 4 heterocycles. The molecule has 0 bridgehead atoms. The Kier molecular flexibility index (Phi) is 2.72. The first-order valence-electron chi connectivity index (χ1n) is 7.52. The molecule has 0 fully saturated rings. The van der Waals surface area contributed by atoms with Crippen molar-refractivity contribution in [1.29, 1.82) is 0 Å². The summed E-state index contributed by atoms with van der Waals surface area (Å²) >= 11 is 0. The molecule has 7 heteroatoms. The topological polar surface area (TPSA) is 85.4 Å². The maximum Gasteiger partial charge on any atom is 0.182 e. The van der Waals surface area contributed by atoms with E-state index in [4.69, 9.17) is 4.42 Å². The molecule has 7 nitrogen and oxygen atoms in total. The predicted octanol–water partition coefficient (Wildman–Crippen LogP) is 3.01. The molecular formula is C17H12N6O. The Morgan fingerprint density at radius 1 is 1.12 bits per heavy atom. The van der Waals surface area contributed by atoms with Crippen molar-refractivity contribution in [3.05, 3.63) is 60.7 Å². The summed E-state index contributed by atoms with van der Waals surface area (Å²) in [6.07, 6.45) is 5.05. The van der Waals surface area contributed by atoms with Crippen LogP contribution < -0.4 is 0 Å². The average molecular weight is 316 g/mol. The van der Waals surface area contributed by atoms with E-state index in [2.05, 4.69) is 49.5 Å². The van der Waals surface area contributed by atoms with E-state index in [1.807, 2.05) is 18.3 Å². The standard InChI is InChI=1S/C17H12N6O/c1-2-14(24-7-1)15-16-17(20-10-19-15)23(22-21-16)9-11-3-4-13-12(8-11)5-6-18-13/h1-8,10,18H,9H2. The summed E-state index contributed by atoms with van der Waals surface area (Å²) in [7, 11) is 0. The maximum absolute atomic E-state index is 5.42. The van der Waals surface area contributed by atoms with Crippen molar-refractivity contribution in [3.8, 4) is 11.5 Å². The van der Waals surface area contributed by atoms with Gasteiger partial charge in [0.05, 0.1) is 12.8 Å². The number of nitrogens with one attached hydrogen (secondary N) is 1. The zero-order valence-electron chi connectivity index (χ0n) is 12.5. The molecule has 0 atom stereocenters. The van der Waals surface area contributed by atoms with E-state index in [0.717, 1.165) is 11.1 Å². The molecule has 0 aliphatic heterocycles. The summed E-state index contributed by atoms with van der Waals surface area (Å²) < 4.78 is 7.20. The second-order valence-corrected chi connectivity index (χ2v) is 5.52. The fourth-order valence-corrected chi connectivity index (χ4v) is 2.87. The number of hydrogen-bond acceptors (Lipinski definition) is 5. The van der Waals surface area contributed by atoms with Crippen LogP contribution in [0.15, 0.2) is 59.6 Å². The van der Waals surface area contributed by atoms with Gasteiger partial charge in [0.15, 0.2) is 16.9 Å². The van der Waals surface area contributed by atoms with Crippen molar-refractivity contribution in [2.75, 3.05) is 0 Å². The number of nitrogens with zero attached hydrogens (tertiary/aromatic N) is 5. The van der Waals surface area contributed by atoms with Gasteiger partial charge >= 0.3 is 0 Å². The van der Waals surface area contributed by atoms with Gasteiger partial charge in [-0.2, -0.15) is 0 Å². The van der Waals surface area contributed by atoms with Crippen LogP contribution in [-0.4, -0.2) is 29.9 Å². The molecule has 24 heavy (non-hydrogen) atoms. The second-order valence-electron chi connectivity index (χ2n) is 5.52. The van der Waals surface area contributed by atoms with Gasteiger partial charge in [-0.3, -0.25) is 0 Å². The number of aromatic nitrogens is 6. The van der Waals surface area contributed by atoms with Gasteiger partial charge in [-0.15, -0.1) is 5.10 Å². The Morgan fingerprint density at radius 2 is 2.12 bits per heavy atom. The van der Waals surface area contributed by atoms with Crippen molar-refractivity contribution in [1.82, 2.24) is 29.9 Å². The van der Waals surface area contributed by atoms with E-state index in [1.165, 1.54) is 11.7 Å². The van der Waals surface area contributed by atoms with Crippen LogP contribution in [-0.2, 0) is 6.54 Å². The zero-order valence-corrected chi connectivity index (χ0v) is 12.5. The van der Waals surface area contributed by atoms with Crippen LogP contribution in [0, 0.1) is 0 Å². The third-order valence-electron chi connectivity index (χ3n) is 4.00. The Hall–Kier alpha value is -3.48. The minimum atomic E-state index is 0.590. The average Bonchev–Trinajstić information content (AvgIpc) is 3.35. The van der Waals surface area contributed by atoms with Crippen LogP contribution in [0.3, 0.4) is 0 Å². The Labute approximate surface area is 136 Å². The summed E-state index contributed by atoms with van der Waals surface area (Å²) in [4.78, 5) is 11.8. The lowest BCUT2D eigenvalue weighted by Gasteiger charge is -2.03. The molecule has 1 N–H and O–H groups in total. The van der Waals surface area contributed by atoms with Crippen LogP contribution in [0.2, 0.25) is 0 Å². The first kappa shape index (κ1) is 13.0. The molecule has 5 rings (SSSR count). The van der Waals surface area contributed by atoms with E-state index in [1.54, 1.807) is 10.9 Å². The molecule has 0 radical (unpaired) electrons. The van der Waals surface area contributed by atoms with Crippen molar-refractivity contribution >= 4 is 22.1 Å². The maximum atomic E-state index is 5.42. The van der Waals surface area contributed by atoms with E-state index in [0.29, 0.717) is 29.2 Å². The van der Waals surface area contributed by atoms with Gasteiger partial charge in [0, 0.05) is 11.7 Å². The number of furan rings is 1. The van der Waals surface area contributed by atoms with Gasteiger partial charge < -0.3 is 9.40 Å². The summed E-state index contributed by atoms with van der Waals surface area (Å²) in [5.74, 6) is 0.656. The van der Waals surface area contributed by atoms with Crippen molar-refractivity contribution in [2.45, 2.75) is 6.54 Å². The van der Waals surface area contributed by atoms with Gasteiger partial charge in [-0.05, 0) is 41.3 Å². The van der Waals surface area contributed by atoms with Gasteiger partial charge in [0.1, 0.15) is 12.0 Å². The van der Waals surface area contributed by atoms with Crippen molar-refractivity contribution in [3.63, 3.8) is 0 Å². The van der Waals surface area contributed by atoms with E-state index in [9.17, 15) is 0 Å². The Bertz CT molecular complexity index is 1140. The SMILES string of the molecule is c1coc(-c2ncnc3c2nnn3Cc2ccc3[nH]ccc3c2)c1. The molecule has 0 saturated carbocycles. The van der Waals surface area contributed by atoms with Crippen molar-refractivity contribution in [2.24, 2.45) is 0 Å². The van der Waals surface area contributed by atoms with Gasteiger partial charge in [-0.1, -0.05) is 11.3 Å². The molecule has 0 saturated heterocycles. The second kappa shape index (κ2) is 5.02. The molecule has 4 aromatic heterocycles. The third-order valence-corrected chi connectivity index (χ3v) is 4.00. The van der Waals surface area contributed by atoms with Gasteiger partial charge in [-0.25, -0.2) is 14.6 Å². The minimum absolute atomic E-state index is 0.590. The molecule has 0 aliphatic rings. The first-order valence-corrected chi connectivity index (χ1v) is 7.52. The highest BCUT2D eigenvalue weighted by Crippen LogP contribution is 2.24. The summed E-state index contributed by atoms with van der Waals surface area (Å²) in [5.41, 5.74) is 4.22. The molecule has 1 aromatic carbocycles. The fourth-order valence-electron chi connectivity index (χ4n) is 2.87. The minimum Gasteiger partial charge on any atom is -0.463 e. The van der Waals surface area contributed by atoms with E-state index < -0.39 is 0 Å². The fraction of sp³-hybridized carbons (Fsp3) is 0.0588. The largest absolute Gasteiger partial charge is 0.463 e. The smallest absolute Gasteiger partial charge is 0.182 e. The Morgan fingerprint density at radius 3 is 3.04 bits per heavy atom. The van der Waals surface area contributed by atoms with Crippen molar-refractivity contribution < 1.29 is 4.42 Å². The van der Waals surface area contributed by atoms with E-state index in [-0.39, 0.29) is 0 Å². The molecule has 5 aromatic rings. The monoisotopic (exact) mass is 316 g/mol. The van der Waals surface area contributed by atoms with Crippen LogP contribution in [0.4, 0.5) is 0 Å². The number of benzene rings is 1. The highest BCUT2D eigenvalue weighted by atomic mass is 16.3. The molecule has 0 unspecified atom stereocenters. The van der Waals surface area contributed by atoms with E-state index >= 15 is 0 Å². The molecule has 0 amide bonds. The van der Waals surface area contributed by atoms with Gasteiger partial charge in [0.2, 0.25) is 0 Å². The van der Waals surface area contributed by atoms with Crippen LogP contribution in [0.25, 0.3) is 33.5 Å². The van der Waals surface area contributed by atoms with Crippen LogP contribution in [0.5, 0.6) is 0 Å². The molecular weight excluding hydrogens is 304 g/mol. The summed E-state index contributed by atoms with van der Waals surface area (Å²) in [6, 6.07) is 12.0. The number of H-pyrrole nitrogens is 1. The molecule has 0 aliphatic carbocycles. The highest BCUT2D eigenvalue weighted by Gasteiger charge is 2.15. The lowest BCUT2D eigenvalue weighted by molar-refractivity contribution is 0.580. The molecule has 0 spiro atoms. The summed E-state index contributed by atoms with van der Waals surface area (Å²) in [5, 5.41) is 9.66. The van der Waals surface area contributed by atoms with Crippen LogP contribution in [0.1, 0.15) is 5.56 Å². The third kappa shape index (κ3) is 1.98. The normalized spacial score (nSPS) is 11.5. The summed E-state index contributed by atoms with van der Waals surface area (Å²) in [6.45, 7) is 0.590. The number of hydrogen-bond donors (Lipinski definition) is 1. The zero-order chi connectivity index (χ0) is 15.9. The number of aromatic amines is 1. The number of fused-ring (bicyclic) bond motifs is 2. The number of rotatable bonds is 3. The van der Waals surface area contributed by atoms with Crippen LogP contribution >= 0.6 is 0 Å². The quantitative estimate of drug-likeness (QED) is 0.553. The Balaban J connectivity index is 1.59. The first-order chi connectivity index (χ1) is 11.9. The predicted molar refractivity (Wildman–Crippen MR) is 88.2 cm³/mol. The highest BCUT2D eigenvalue weighted by molar-refractivity contribution is 5.84. The van der Waals surface area contributed by atoms with Gasteiger partial charge in [0.25, 0.3) is 0 Å². The lowest BCUT2D eigenvalue weighted by atomic mass is 10.1. The lowest BCUT2D eigenvalue weighted by Crippen LogP contribution is -2.03.